The topological polar surface area (TPSA) is 81.6 Å². The highest BCUT2D eigenvalue weighted by molar-refractivity contribution is 7.99. The number of rotatable bonds is 3. The van der Waals surface area contributed by atoms with Crippen LogP contribution in [-0.2, 0) is 9.53 Å². The molecule has 3 rings (SSSR count). The third-order valence-electron chi connectivity index (χ3n) is 3.08. The molecule has 2 heterocycles. The van der Waals surface area contributed by atoms with Crippen LogP contribution in [0.4, 0.5) is 5.69 Å². The third kappa shape index (κ3) is 2.88. The number of benzene rings is 1. The van der Waals surface area contributed by atoms with Crippen molar-refractivity contribution in [3.63, 3.8) is 0 Å². The number of nitrogens with zero attached hydrogens (tertiary/aromatic N) is 2. The first-order valence-electron chi connectivity index (χ1n) is 6.37. The molecule has 2 N–H and O–H groups in total. The lowest BCUT2D eigenvalue weighted by Crippen LogP contribution is -2.41. The average Bonchev–Trinajstić information content (AvgIpc) is 2.87. The summed E-state index contributed by atoms with van der Waals surface area (Å²) >= 11 is 1.30. The maximum absolute atomic E-state index is 12.0. The number of carbonyl (C=O) groups is 1. The summed E-state index contributed by atoms with van der Waals surface area (Å²) in [4.78, 5) is 18.1. The quantitative estimate of drug-likeness (QED) is 0.680. The van der Waals surface area contributed by atoms with Crippen molar-refractivity contribution in [3.05, 3.63) is 18.2 Å². The molecule has 1 fully saturated rings. The molecule has 0 spiro atoms. The molecule has 7 heteroatoms. The number of aromatic nitrogens is 1. The van der Waals surface area contributed by atoms with Gasteiger partial charge >= 0.3 is 0 Å². The molecule has 1 aliphatic heterocycles. The summed E-state index contributed by atoms with van der Waals surface area (Å²) in [5.41, 5.74) is 7.71. The fraction of sp³-hybridized carbons (Fsp3) is 0.385. The summed E-state index contributed by atoms with van der Waals surface area (Å²) in [5.74, 6) is 0.405. The Balaban J connectivity index is 1.63. The number of fused-ring (bicyclic) bond motifs is 1. The van der Waals surface area contributed by atoms with E-state index in [1.807, 2.05) is 6.07 Å². The Kier molecular flexibility index (Phi) is 3.79. The van der Waals surface area contributed by atoms with Crippen LogP contribution < -0.4 is 5.73 Å². The average molecular weight is 293 g/mol. The van der Waals surface area contributed by atoms with E-state index in [0.29, 0.717) is 48.5 Å². The number of hydrogen-bond acceptors (Lipinski definition) is 6. The molecule has 0 unspecified atom stereocenters. The zero-order chi connectivity index (χ0) is 13.9. The number of anilines is 1. The van der Waals surface area contributed by atoms with E-state index in [0.717, 1.165) is 5.52 Å². The van der Waals surface area contributed by atoms with Crippen LogP contribution in [0.1, 0.15) is 0 Å². The summed E-state index contributed by atoms with van der Waals surface area (Å²) in [5, 5.41) is 0.493. The molecule has 1 aliphatic rings. The number of thioether (sulfide) groups is 1. The molecular formula is C13H15N3O3S. The highest BCUT2D eigenvalue weighted by atomic mass is 32.2. The first-order valence-corrected chi connectivity index (χ1v) is 7.35. The van der Waals surface area contributed by atoms with Crippen molar-refractivity contribution in [2.75, 3.05) is 37.8 Å². The number of oxazole rings is 1. The number of morpholine rings is 1. The molecule has 1 saturated heterocycles. The number of amides is 1. The minimum absolute atomic E-state index is 0.0834. The summed E-state index contributed by atoms with van der Waals surface area (Å²) < 4.78 is 10.8. The van der Waals surface area contributed by atoms with Crippen LogP contribution >= 0.6 is 11.8 Å². The molecule has 6 nitrogen and oxygen atoms in total. The smallest absolute Gasteiger partial charge is 0.257 e. The number of carbonyl (C=O) groups excluding carboxylic acids is 1. The molecule has 0 radical (unpaired) electrons. The van der Waals surface area contributed by atoms with Crippen LogP contribution in [0, 0.1) is 0 Å². The van der Waals surface area contributed by atoms with E-state index >= 15 is 0 Å². The molecule has 1 amide bonds. The Morgan fingerprint density at radius 1 is 1.40 bits per heavy atom. The molecule has 20 heavy (non-hydrogen) atoms. The molecule has 0 bridgehead atoms. The predicted octanol–water partition coefficient (Wildman–Crippen LogP) is 1.36. The van der Waals surface area contributed by atoms with Gasteiger partial charge in [0.15, 0.2) is 5.58 Å². The van der Waals surface area contributed by atoms with E-state index in [9.17, 15) is 4.79 Å². The van der Waals surface area contributed by atoms with E-state index in [1.165, 1.54) is 11.8 Å². The summed E-state index contributed by atoms with van der Waals surface area (Å²) in [6.07, 6.45) is 0. The zero-order valence-electron chi connectivity index (χ0n) is 10.9. The van der Waals surface area contributed by atoms with Gasteiger partial charge in [-0.05, 0) is 12.1 Å². The highest BCUT2D eigenvalue weighted by Crippen LogP contribution is 2.25. The molecule has 0 aliphatic carbocycles. The Morgan fingerprint density at radius 2 is 2.20 bits per heavy atom. The number of nitrogen functional groups attached to an aromatic ring is 1. The van der Waals surface area contributed by atoms with Gasteiger partial charge in [0.2, 0.25) is 5.91 Å². The van der Waals surface area contributed by atoms with E-state index in [4.69, 9.17) is 14.9 Å². The Labute approximate surface area is 120 Å². The lowest BCUT2D eigenvalue weighted by atomic mass is 10.3. The van der Waals surface area contributed by atoms with Crippen LogP contribution in [0.2, 0.25) is 0 Å². The maximum atomic E-state index is 12.0. The van der Waals surface area contributed by atoms with Gasteiger partial charge in [0, 0.05) is 24.8 Å². The highest BCUT2D eigenvalue weighted by Gasteiger charge is 2.18. The second kappa shape index (κ2) is 5.72. The van der Waals surface area contributed by atoms with Crippen LogP contribution in [0.5, 0.6) is 0 Å². The van der Waals surface area contributed by atoms with Gasteiger partial charge in [-0.1, -0.05) is 11.8 Å². The molecule has 2 aromatic rings. The fourth-order valence-corrected chi connectivity index (χ4v) is 2.75. The van der Waals surface area contributed by atoms with Crippen LogP contribution in [0.15, 0.2) is 27.8 Å². The van der Waals surface area contributed by atoms with Crippen molar-refractivity contribution >= 4 is 34.5 Å². The maximum Gasteiger partial charge on any atom is 0.257 e. The Hall–Kier alpha value is -1.73. The number of hydrogen-bond donors (Lipinski definition) is 1. The predicted molar refractivity (Wildman–Crippen MR) is 76.5 cm³/mol. The molecule has 0 atom stereocenters. The fourth-order valence-electron chi connectivity index (χ4n) is 2.01. The van der Waals surface area contributed by atoms with Gasteiger partial charge in [-0.2, -0.15) is 0 Å². The summed E-state index contributed by atoms with van der Waals surface area (Å²) in [6.45, 7) is 2.53. The number of ether oxygens (including phenoxy) is 1. The van der Waals surface area contributed by atoms with Gasteiger partial charge < -0.3 is 19.8 Å². The van der Waals surface area contributed by atoms with Gasteiger partial charge in [-0.3, -0.25) is 4.79 Å². The second-order valence-corrected chi connectivity index (χ2v) is 5.42. The monoisotopic (exact) mass is 293 g/mol. The van der Waals surface area contributed by atoms with Crippen LogP contribution in [0.25, 0.3) is 11.1 Å². The standard InChI is InChI=1S/C13H15N3O3S/c14-9-1-2-10-11(7-9)19-13(15-10)20-8-12(17)16-3-5-18-6-4-16/h1-2,7H,3-6,8,14H2. The second-order valence-electron chi connectivity index (χ2n) is 4.49. The molecule has 106 valence electrons. The van der Waals surface area contributed by atoms with Gasteiger partial charge in [-0.25, -0.2) is 4.98 Å². The van der Waals surface area contributed by atoms with Crippen molar-refractivity contribution in [1.29, 1.82) is 0 Å². The lowest BCUT2D eigenvalue weighted by molar-refractivity contribution is -0.132. The SMILES string of the molecule is Nc1ccc2nc(SCC(=O)N3CCOCC3)oc2c1. The Morgan fingerprint density at radius 3 is 3.00 bits per heavy atom. The number of nitrogens with two attached hydrogens (primary N) is 1. The summed E-state index contributed by atoms with van der Waals surface area (Å²) in [7, 11) is 0. The van der Waals surface area contributed by atoms with E-state index < -0.39 is 0 Å². The van der Waals surface area contributed by atoms with E-state index in [-0.39, 0.29) is 5.91 Å². The van der Waals surface area contributed by atoms with Gasteiger partial charge in [-0.15, -0.1) is 0 Å². The normalized spacial score (nSPS) is 15.7. The van der Waals surface area contributed by atoms with Crippen LogP contribution in [-0.4, -0.2) is 47.8 Å². The molecule has 1 aromatic carbocycles. The third-order valence-corrected chi connectivity index (χ3v) is 3.89. The van der Waals surface area contributed by atoms with Crippen molar-refractivity contribution in [1.82, 2.24) is 9.88 Å². The lowest BCUT2D eigenvalue weighted by Gasteiger charge is -2.26. The van der Waals surface area contributed by atoms with Gasteiger partial charge in [0.25, 0.3) is 5.22 Å². The molecular weight excluding hydrogens is 278 g/mol. The van der Waals surface area contributed by atoms with Crippen molar-refractivity contribution < 1.29 is 13.9 Å². The largest absolute Gasteiger partial charge is 0.431 e. The zero-order valence-corrected chi connectivity index (χ0v) is 11.7. The van der Waals surface area contributed by atoms with Crippen molar-refractivity contribution in [2.24, 2.45) is 0 Å². The van der Waals surface area contributed by atoms with E-state index in [2.05, 4.69) is 4.98 Å². The minimum Gasteiger partial charge on any atom is -0.431 e. The van der Waals surface area contributed by atoms with Gasteiger partial charge in [0.1, 0.15) is 5.52 Å². The van der Waals surface area contributed by atoms with Crippen molar-refractivity contribution in [3.8, 4) is 0 Å². The first kappa shape index (κ1) is 13.3. The summed E-state index contributed by atoms with van der Waals surface area (Å²) in [6, 6.07) is 5.32. The minimum atomic E-state index is 0.0834. The van der Waals surface area contributed by atoms with E-state index in [1.54, 1.807) is 17.0 Å². The van der Waals surface area contributed by atoms with Gasteiger partial charge in [0.05, 0.1) is 19.0 Å². The first-order chi connectivity index (χ1) is 9.72. The Bertz CT molecular complexity index is 622. The van der Waals surface area contributed by atoms with Crippen molar-refractivity contribution in [2.45, 2.75) is 5.22 Å². The molecule has 1 aromatic heterocycles. The molecule has 0 saturated carbocycles. The van der Waals surface area contributed by atoms with Crippen LogP contribution in [0.3, 0.4) is 0 Å².